The van der Waals surface area contributed by atoms with Crippen LogP contribution in [0.2, 0.25) is 0 Å². The van der Waals surface area contributed by atoms with Crippen molar-refractivity contribution in [3.05, 3.63) is 108 Å². The van der Waals surface area contributed by atoms with Crippen molar-refractivity contribution >= 4 is 67.7 Å². The molecule has 0 bridgehead atoms. The molecule has 3 N–H and O–H groups in total. The lowest BCUT2D eigenvalue weighted by Crippen LogP contribution is -2.34. The van der Waals surface area contributed by atoms with Gasteiger partial charge in [-0.15, -0.1) is 10.2 Å². The van der Waals surface area contributed by atoms with Gasteiger partial charge in [0.1, 0.15) is 5.03 Å². The number of sulfonamides is 1. The first kappa shape index (κ1) is 50.9. The second kappa shape index (κ2) is 25.1. The zero-order valence-corrected chi connectivity index (χ0v) is 40.3. The van der Waals surface area contributed by atoms with Crippen LogP contribution in [0, 0.1) is 125 Å². The zero-order valence-electron chi connectivity index (χ0n) is 38.7. The molecule has 0 aliphatic rings. The van der Waals surface area contributed by atoms with Crippen LogP contribution in [0.4, 0.5) is 28.4 Å². The number of anilines is 3. The highest BCUT2D eigenvalue weighted by atomic mass is 32.2. The number of rotatable bonds is 12. The highest BCUT2D eigenvalue weighted by Crippen LogP contribution is 2.35. The van der Waals surface area contributed by atoms with Crippen LogP contribution in [0.3, 0.4) is 0 Å². The Hall–Kier alpha value is -10.5. The minimum Gasteiger partial charge on any atom is -0.478 e. The van der Waals surface area contributed by atoms with Crippen LogP contribution >= 0.6 is 11.8 Å². The van der Waals surface area contributed by atoms with Crippen LogP contribution in [0.15, 0.2) is 116 Å². The minimum atomic E-state index is -3.97. The molecule has 0 aliphatic carbocycles. The summed E-state index contributed by atoms with van der Waals surface area (Å²) in [5.41, 5.74) is 3.68. The molecule has 3 aromatic carbocycles. The number of aromatic nitrogens is 5. The second-order valence-electron chi connectivity index (χ2n) is 14.3. The number of pyridine rings is 1. The Balaban J connectivity index is 1.12. The molecule has 0 saturated heterocycles. The average Bonchev–Trinajstić information content (AvgIpc) is 3.92. The van der Waals surface area contributed by atoms with E-state index in [1.54, 1.807) is 48.7 Å². The van der Waals surface area contributed by atoms with Gasteiger partial charge >= 0.3 is 11.9 Å². The summed E-state index contributed by atoms with van der Waals surface area (Å²) in [4.78, 5) is 34.1. The maximum absolute atomic E-state index is 13.8. The van der Waals surface area contributed by atoms with Gasteiger partial charge in [-0.3, -0.25) is 19.5 Å². The fourth-order valence-electron chi connectivity index (χ4n) is 5.91. The van der Waals surface area contributed by atoms with Crippen molar-refractivity contribution in [1.29, 1.82) is 0 Å². The van der Waals surface area contributed by atoms with Crippen LogP contribution in [0.5, 0.6) is 0 Å². The van der Waals surface area contributed by atoms with Crippen molar-refractivity contribution in [2.75, 3.05) is 28.6 Å². The molecular weight excluding hydrogens is 945 g/mol. The smallest absolute Gasteiger partial charge is 0.335 e. The van der Waals surface area contributed by atoms with E-state index in [-0.39, 0.29) is 21.8 Å². The molecule has 17 heteroatoms. The second-order valence-corrected chi connectivity index (χ2v) is 17.0. The van der Waals surface area contributed by atoms with E-state index < -0.39 is 27.9 Å². The van der Waals surface area contributed by atoms with E-state index in [2.05, 4.69) is 154 Å². The number of carbonyl (C=O) groups excluding carboxylic acids is 1. The van der Waals surface area contributed by atoms with Crippen LogP contribution in [0.25, 0.3) is 5.65 Å². The highest BCUT2D eigenvalue weighted by molar-refractivity contribution is 7.99. The molecule has 72 heavy (non-hydrogen) atoms. The zero-order chi connectivity index (χ0) is 51.3. The van der Waals surface area contributed by atoms with Crippen molar-refractivity contribution < 1.29 is 23.1 Å². The lowest BCUT2D eigenvalue weighted by Gasteiger charge is -2.26. The summed E-state index contributed by atoms with van der Waals surface area (Å²) in [7, 11) is -0.0806. The number of carboxylic acid groups (broad SMARTS) is 1. The van der Waals surface area contributed by atoms with Crippen molar-refractivity contribution in [3.8, 4) is 118 Å². The normalized spacial score (nSPS) is 9.96. The van der Waals surface area contributed by atoms with Gasteiger partial charge in [-0.2, -0.15) is 10.2 Å². The number of benzene rings is 3. The number of nitrogens with one attached hydrogen (secondary N) is 2. The van der Waals surface area contributed by atoms with Gasteiger partial charge in [-0.05, 0) is 194 Å². The number of aryl methyl sites for hydroxylation is 1. The first-order valence-electron chi connectivity index (χ1n) is 20.8. The molecular formula is C55H34N10O5S2. The summed E-state index contributed by atoms with van der Waals surface area (Å²) in [6.07, 6.45) is 1.40. The Morgan fingerprint density at radius 2 is 1.29 bits per heavy atom. The number of aromatic carboxylic acids is 1. The van der Waals surface area contributed by atoms with Gasteiger partial charge in [0.2, 0.25) is 0 Å². The Morgan fingerprint density at radius 3 is 1.82 bits per heavy atom. The number of hydrogen-bond acceptors (Lipinski definition) is 11. The fraction of sp³-hybridized carbons (Fsp3) is 0.109. The van der Waals surface area contributed by atoms with E-state index in [1.807, 2.05) is 50.2 Å². The molecule has 1 unspecified atom stereocenters. The molecule has 0 aliphatic heterocycles. The molecule has 0 fully saturated rings. The molecule has 6 aromatic rings. The lowest BCUT2D eigenvalue weighted by molar-refractivity contribution is -0.113. The summed E-state index contributed by atoms with van der Waals surface area (Å²) in [5, 5.41) is 30.7. The number of aromatic amines is 1. The summed E-state index contributed by atoms with van der Waals surface area (Å²) < 4.78 is 30.7. The van der Waals surface area contributed by atoms with E-state index in [0.717, 1.165) is 5.69 Å². The number of amides is 1. The predicted molar refractivity (Wildman–Crippen MR) is 275 cm³/mol. The standard InChI is InChI=1S/C55H34N10O5S2/c1-6-7-8-9-10-11-12-13-14-15-16-17-18-19-20-21-22-23-24-28-51(66)64(48-27-25-26-43(39-48)55(67)68)42(3)53-59-60-54-52(41(2)61-65(53)54)71-50-38-33-46(40-56-50)62-72(69,70)49-36-31-45(32-37-49)58-57-44-29-34-47(35-30-44)63(4)5/h25-27,29-40,42,61-62H,1-5H3,(H,67,68). The van der Waals surface area contributed by atoms with Gasteiger partial charge in [0.15, 0.2) is 11.5 Å². The lowest BCUT2D eigenvalue weighted by atomic mass is 10.1. The summed E-state index contributed by atoms with van der Waals surface area (Å²) >= 11 is 1.26. The first-order chi connectivity index (χ1) is 34.8. The quantitative estimate of drug-likeness (QED) is 0.0847. The highest BCUT2D eigenvalue weighted by Gasteiger charge is 2.29. The molecule has 1 amide bonds. The van der Waals surface area contributed by atoms with E-state index in [0.29, 0.717) is 38.5 Å². The number of H-pyrrole nitrogens is 1. The summed E-state index contributed by atoms with van der Waals surface area (Å²) in [6.45, 7) is 5.19. The maximum Gasteiger partial charge on any atom is 0.335 e. The molecule has 0 spiro atoms. The Morgan fingerprint density at radius 1 is 0.736 bits per heavy atom. The third-order valence-corrected chi connectivity index (χ3v) is 11.7. The SMILES string of the molecule is CC#CC#CC#CC#CC#CC#CC#CC#CC#CC#CC(=O)N(c1cccc(C(=O)O)c1)C(C)c1nnc2c(Sc3ccc(NS(=O)(=O)c4ccc(N=Nc5ccc(N(C)C)cc5)cc4)cn3)c(C)[nH]n12. The van der Waals surface area contributed by atoms with Crippen LogP contribution < -0.4 is 14.5 Å². The summed E-state index contributed by atoms with van der Waals surface area (Å²) in [6, 6.07) is 21.8. The Bertz CT molecular complexity index is 3910. The van der Waals surface area contributed by atoms with Crippen LogP contribution in [-0.4, -0.2) is 64.3 Å². The van der Waals surface area contributed by atoms with Gasteiger partial charge in [0.25, 0.3) is 10.0 Å². The van der Waals surface area contributed by atoms with Gasteiger partial charge in [0, 0.05) is 48.9 Å². The molecule has 3 aromatic heterocycles. The number of carbonyl (C=O) groups is 2. The molecule has 0 saturated carbocycles. The fourth-order valence-corrected chi connectivity index (χ4v) is 7.82. The largest absolute Gasteiger partial charge is 0.478 e. The van der Waals surface area contributed by atoms with Crippen LogP contribution in [0.1, 0.15) is 41.8 Å². The van der Waals surface area contributed by atoms with E-state index in [9.17, 15) is 23.1 Å². The number of carboxylic acids is 1. The van der Waals surface area contributed by atoms with Crippen LogP contribution in [-0.2, 0) is 14.8 Å². The summed E-state index contributed by atoms with van der Waals surface area (Å²) in [5.74, 6) is 48.6. The van der Waals surface area contributed by atoms with Gasteiger partial charge in [-0.1, -0.05) is 23.7 Å². The van der Waals surface area contributed by atoms with E-state index in [1.165, 1.54) is 53.2 Å². The minimum absolute atomic E-state index is 0.0266. The van der Waals surface area contributed by atoms with Gasteiger partial charge in [-0.25, -0.2) is 22.7 Å². The number of azo groups is 1. The average molecular weight is 979 g/mol. The van der Waals surface area contributed by atoms with Gasteiger partial charge in [0.05, 0.1) is 44.7 Å². The molecule has 3 heterocycles. The molecule has 0 radical (unpaired) electrons. The Labute approximate surface area is 420 Å². The third-order valence-electron chi connectivity index (χ3n) is 9.21. The number of hydrogen-bond donors (Lipinski definition) is 3. The number of nitrogens with zero attached hydrogens (tertiary/aromatic N) is 8. The topological polar surface area (TPSA) is 191 Å². The van der Waals surface area contributed by atoms with E-state index in [4.69, 9.17) is 0 Å². The van der Waals surface area contributed by atoms with Gasteiger partial charge < -0.3 is 10.0 Å². The molecule has 346 valence electrons. The molecule has 15 nitrogen and oxygen atoms in total. The molecule has 6 rings (SSSR count). The first-order valence-corrected chi connectivity index (χ1v) is 23.1. The third kappa shape index (κ3) is 14.3. The van der Waals surface area contributed by atoms with Crippen molar-refractivity contribution in [3.63, 3.8) is 0 Å². The monoisotopic (exact) mass is 978 g/mol. The van der Waals surface area contributed by atoms with E-state index >= 15 is 0 Å². The molecule has 1 atom stereocenters. The van der Waals surface area contributed by atoms with Crippen molar-refractivity contribution in [2.45, 2.75) is 41.6 Å². The maximum atomic E-state index is 13.8. The Kier molecular flexibility index (Phi) is 17.7. The van der Waals surface area contributed by atoms with Crippen molar-refractivity contribution in [2.24, 2.45) is 10.2 Å². The predicted octanol–water partition coefficient (Wildman–Crippen LogP) is 7.04. The number of fused-ring (bicyclic) bond motifs is 1. The van der Waals surface area contributed by atoms with Crippen molar-refractivity contribution in [1.82, 2.24) is 24.8 Å².